The molecule has 19 heavy (non-hydrogen) atoms. The average Bonchev–Trinajstić information content (AvgIpc) is 2.34. The third-order valence-corrected chi connectivity index (χ3v) is 2.90. The Morgan fingerprint density at radius 2 is 2.05 bits per heavy atom. The molecule has 1 heterocycles. The Hall–Kier alpha value is -1.67. The number of alkyl halides is 2. The van der Waals surface area contributed by atoms with E-state index in [2.05, 4.69) is 4.99 Å². The molecule has 0 saturated heterocycles. The number of hydrogen-bond donors (Lipinski definition) is 2. The van der Waals surface area contributed by atoms with Gasteiger partial charge in [0, 0.05) is 17.5 Å². The molecular formula is C11H11F4N3O. The predicted octanol–water partition coefficient (Wildman–Crippen LogP) is 1.39. The molecular weight excluding hydrogens is 266 g/mol. The molecule has 8 heteroatoms. The van der Waals surface area contributed by atoms with E-state index in [-0.39, 0.29) is 12.3 Å². The Morgan fingerprint density at radius 1 is 1.37 bits per heavy atom. The first kappa shape index (κ1) is 13.8. The van der Waals surface area contributed by atoms with Crippen molar-refractivity contribution in [2.24, 2.45) is 10.7 Å². The van der Waals surface area contributed by atoms with E-state index in [1.165, 1.54) is 0 Å². The minimum atomic E-state index is -3.19. The largest absolute Gasteiger partial charge is 0.399 e. The number of rotatable bonds is 2. The molecule has 1 aliphatic rings. The number of anilines is 1. The lowest BCUT2D eigenvalue weighted by atomic mass is 9.87. The first-order valence-corrected chi connectivity index (χ1v) is 5.33. The van der Waals surface area contributed by atoms with Gasteiger partial charge in [-0.25, -0.2) is 17.6 Å². The second kappa shape index (κ2) is 4.78. The van der Waals surface area contributed by atoms with Gasteiger partial charge in [-0.1, -0.05) is 0 Å². The van der Waals surface area contributed by atoms with Crippen molar-refractivity contribution in [1.82, 2.24) is 0 Å². The van der Waals surface area contributed by atoms with E-state index in [4.69, 9.17) is 16.2 Å². The van der Waals surface area contributed by atoms with E-state index in [1.54, 1.807) is 0 Å². The molecule has 0 amide bonds. The third kappa shape index (κ3) is 2.06. The predicted molar refractivity (Wildman–Crippen MR) is 60.9 cm³/mol. The summed E-state index contributed by atoms with van der Waals surface area (Å²) in [6, 6.07) is 1.58. The lowest BCUT2D eigenvalue weighted by molar-refractivity contribution is -0.0665. The molecule has 4 nitrogen and oxygen atoms in total. The quantitative estimate of drug-likeness (QED) is 0.633. The van der Waals surface area contributed by atoms with Crippen LogP contribution in [-0.2, 0) is 10.3 Å². The molecule has 4 N–H and O–H groups in total. The van der Waals surface area contributed by atoms with E-state index in [9.17, 15) is 17.6 Å². The van der Waals surface area contributed by atoms with Gasteiger partial charge >= 0.3 is 0 Å². The number of ether oxygens (including phenoxy) is 1. The SMILES string of the molecule is Nc1cc(F)c(F)c(C2(C(F)F)N=CCO[C@H]2N)c1. The fraction of sp³-hybridized carbons (Fsp3) is 0.364. The van der Waals surface area contributed by atoms with Crippen LogP contribution >= 0.6 is 0 Å². The van der Waals surface area contributed by atoms with Crippen LogP contribution in [0.4, 0.5) is 23.2 Å². The van der Waals surface area contributed by atoms with Crippen molar-refractivity contribution < 1.29 is 22.3 Å². The minimum Gasteiger partial charge on any atom is -0.399 e. The first-order chi connectivity index (χ1) is 8.89. The summed E-state index contributed by atoms with van der Waals surface area (Å²) in [6.07, 6.45) is -3.75. The highest BCUT2D eigenvalue weighted by Crippen LogP contribution is 2.40. The molecule has 0 fully saturated rings. The second-order valence-corrected chi connectivity index (χ2v) is 4.06. The van der Waals surface area contributed by atoms with Crippen LogP contribution in [0, 0.1) is 11.6 Å². The number of nitrogen functional groups attached to an aromatic ring is 1. The molecule has 1 aromatic rings. The van der Waals surface area contributed by atoms with Gasteiger partial charge in [0.25, 0.3) is 6.43 Å². The van der Waals surface area contributed by atoms with Crippen LogP contribution in [0.3, 0.4) is 0 Å². The zero-order chi connectivity index (χ0) is 14.2. The second-order valence-electron chi connectivity index (χ2n) is 4.06. The summed E-state index contributed by atoms with van der Waals surface area (Å²) in [6.45, 7) is -0.0813. The van der Waals surface area contributed by atoms with Crippen LogP contribution in [0.2, 0.25) is 0 Å². The molecule has 2 rings (SSSR count). The van der Waals surface area contributed by atoms with Crippen molar-refractivity contribution in [1.29, 1.82) is 0 Å². The first-order valence-electron chi connectivity index (χ1n) is 5.33. The molecule has 0 radical (unpaired) electrons. The minimum absolute atomic E-state index is 0.0813. The van der Waals surface area contributed by atoms with Crippen molar-refractivity contribution in [2.45, 2.75) is 18.2 Å². The number of aliphatic imine (C=N–C) groups is 1. The monoisotopic (exact) mass is 277 g/mol. The average molecular weight is 277 g/mol. The number of nitrogens with two attached hydrogens (primary N) is 2. The fourth-order valence-electron chi connectivity index (χ4n) is 1.96. The highest BCUT2D eigenvalue weighted by Gasteiger charge is 2.51. The normalized spacial score (nSPS) is 26.9. The van der Waals surface area contributed by atoms with E-state index in [0.29, 0.717) is 6.07 Å². The maximum absolute atomic E-state index is 13.8. The summed E-state index contributed by atoms with van der Waals surface area (Å²) in [5.74, 6) is -2.81. The highest BCUT2D eigenvalue weighted by atomic mass is 19.3. The molecule has 1 aromatic carbocycles. The highest BCUT2D eigenvalue weighted by molar-refractivity contribution is 5.61. The smallest absolute Gasteiger partial charge is 0.271 e. The summed E-state index contributed by atoms with van der Waals surface area (Å²) in [4.78, 5) is 3.57. The lowest BCUT2D eigenvalue weighted by Gasteiger charge is -2.37. The lowest BCUT2D eigenvalue weighted by Crippen LogP contribution is -2.53. The molecule has 1 unspecified atom stereocenters. The summed E-state index contributed by atoms with van der Waals surface area (Å²) in [5.41, 5.74) is 7.40. The molecule has 0 aliphatic carbocycles. The van der Waals surface area contributed by atoms with E-state index < -0.39 is 35.4 Å². The van der Waals surface area contributed by atoms with Gasteiger partial charge in [0.15, 0.2) is 17.2 Å². The Bertz CT molecular complexity index is 523. The molecule has 2 atom stereocenters. The Labute approximate surface area is 106 Å². The van der Waals surface area contributed by atoms with Gasteiger partial charge in [-0.2, -0.15) is 0 Å². The topological polar surface area (TPSA) is 73.6 Å². The number of nitrogens with zero attached hydrogens (tertiary/aromatic N) is 1. The molecule has 104 valence electrons. The van der Waals surface area contributed by atoms with Crippen molar-refractivity contribution in [3.05, 3.63) is 29.3 Å². The van der Waals surface area contributed by atoms with Gasteiger partial charge in [-0.3, -0.25) is 4.99 Å². The zero-order valence-corrected chi connectivity index (χ0v) is 9.62. The van der Waals surface area contributed by atoms with Gasteiger partial charge in [0.05, 0.1) is 6.61 Å². The van der Waals surface area contributed by atoms with Crippen molar-refractivity contribution in [2.75, 3.05) is 12.3 Å². The summed E-state index contributed by atoms with van der Waals surface area (Å²) >= 11 is 0. The maximum atomic E-state index is 13.8. The van der Waals surface area contributed by atoms with Gasteiger partial charge in [-0.15, -0.1) is 0 Å². The maximum Gasteiger partial charge on any atom is 0.271 e. The van der Waals surface area contributed by atoms with Crippen LogP contribution < -0.4 is 11.5 Å². The summed E-state index contributed by atoms with van der Waals surface area (Å²) in [7, 11) is 0. The van der Waals surface area contributed by atoms with E-state index in [1.807, 2.05) is 0 Å². The van der Waals surface area contributed by atoms with Gasteiger partial charge in [0.1, 0.15) is 6.23 Å². The number of hydrogen-bond acceptors (Lipinski definition) is 4. The molecule has 0 saturated carbocycles. The summed E-state index contributed by atoms with van der Waals surface area (Å²) in [5, 5.41) is 0. The Morgan fingerprint density at radius 3 is 2.63 bits per heavy atom. The third-order valence-electron chi connectivity index (χ3n) is 2.90. The van der Waals surface area contributed by atoms with Crippen molar-refractivity contribution >= 4 is 11.9 Å². The Balaban J connectivity index is 2.70. The van der Waals surface area contributed by atoms with Crippen LogP contribution in [0.25, 0.3) is 0 Å². The number of benzene rings is 1. The van der Waals surface area contributed by atoms with Crippen LogP contribution in [0.5, 0.6) is 0 Å². The molecule has 0 spiro atoms. The van der Waals surface area contributed by atoms with Gasteiger partial charge < -0.3 is 16.2 Å². The van der Waals surface area contributed by atoms with E-state index in [0.717, 1.165) is 12.3 Å². The van der Waals surface area contributed by atoms with Crippen LogP contribution in [0.15, 0.2) is 17.1 Å². The summed E-state index contributed by atoms with van der Waals surface area (Å²) < 4.78 is 58.7. The molecule has 0 bridgehead atoms. The molecule has 1 aliphatic heterocycles. The van der Waals surface area contributed by atoms with Crippen LogP contribution in [0.1, 0.15) is 5.56 Å². The van der Waals surface area contributed by atoms with Gasteiger partial charge in [0.2, 0.25) is 0 Å². The van der Waals surface area contributed by atoms with Gasteiger partial charge in [-0.05, 0) is 12.1 Å². The number of halogens is 4. The zero-order valence-electron chi connectivity index (χ0n) is 9.62. The van der Waals surface area contributed by atoms with E-state index >= 15 is 0 Å². The van der Waals surface area contributed by atoms with Crippen molar-refractivity contribution in [3.8, 4) is 0 Å². The fourth-order valence-corrected chi connectivity index (χ4v) is 1.96. The van der Waals surface area contributed by atoms with Crippen LogP contribution in [-0.4, -0.2) is 25.5 Å². The molecule has 0 aromatic heterocycles. The standard InChI is InChI=1S/C11H11F4N3O/c12-7-4-5(16)3-6(8(7)13)11(9(14)15)10(17)19-2-1-18-11/h1,3-4,9-10H,2,16-17H2/t10-,11?/m1/s1. The Kier molecular flexibility index (Phi) is 3.46. The van der Waals surface area contributed by atoms with Crippen molar-refractivity contribution in [3.63, 3.8) is 0 Å².